The van der Waals surface area contributed by atoms with Gasteiger partial charge in [0.15, 0.2) is 0 Å². The molecule has 2 fully saturated rings. The van der Waals surface area contributed by atoms with Crippen LogP contribution in [0.1, 0.15) is 44.9 Å². The summed E-state index contributed by atoms with van der Waals surface area (Å²) < 4.78 is 0. The van der Waals surface area contributed by atoms with Crippen LogP contribution in [0.2, 0.25) is 0 Å². The maximum absolute atomic E-state index is 11.8. The number of aliphatic carboxylic acids is 1. The summed E-state index contributed by atoms with van der Waals surface area (Å²) >= 11 is 0. The first-order chi connectivity index (χ1) is 7.68. The number of carbonyl (C=O) groups is 2. The van der Waals surface area contributed by atoms with Gasteiger partial charge in [-0.05, 0) is 31.6 Å². The van der Waals surface area contributed by atoms with Crippen molar-refractivity contribution >= 4 is 11.9 Å². The first-order valence-electron chi connectivity index (χ1n) is 6.20. The van der Waals surface area contributed by atoms with Crippen molar-refractivity contribution in [1.29, 1.82) is 0 Å². The van der Waals surface area contributed by atoms with Crippen LogP contribution in [-0.2, 0) is 9.59 Å². The molecule has 0 aromatic carbocycles. The van der Waals surface area contributed by atoms with E-state index in [1.165, 1.54) is 25.7 Å². The molecule has 0 bridgehead atoms. The van der Waals surface area contributed by atoms with Gasteiger partial charge in [0, 0.05) is 12.6 Å². The number of hydrogen-bond acceptors (Lipinski definition) is 2. The molecule has 0 radical (unpaired) electrons. The van der Waals surface area contributed by atoms with E-state index in [-0.39, 0.29) is 12.3 Å². The molecular weight excluding hydrogens is 206 g/mol. The average molecular weight is 225 g/mol. The smallest absolute Gasteiger partial charge is 0.312 e. The second-order valence-corrected chi connectivity index (χ2v) is 4.91. The number of rotatable bonds is 2. The molecule has 2 atom stereocenters. The van der Waals surface area contributed by atoms with Crippen molar-refractivity contribution in [2.45, 2.75) is 51.0 Å². The van der Waals surface area contributed by atoms with Crippen LogP contribution in [0.25, 0.3) is 0 Å². The maximum atomic E-state index is 11.8. The fraction of sp³-hybridized carbons (Fsp3) is 0.833. The molecule has 1 heterocycles. The maximum Gasteiger partial charge on any atom is 0.312 e. The van der Waals surface area contributed by atoms with Crippen LogP contribution in [0.5, 0.6) is 0 Å². The summed E-state index contributed by atoms with van der Waals surface area (Å²) in [6.45, 7) is 0.757. The second kappa shape index (κ2) is 4.85. The van der Waals surface area contributed by atoms with E-state index in [0.717, 1.165) is 19.4 Å². The van der Waals surface area contributed by atoms with E-state index in [2.05, 4.69) is 0 Å². The summed E-state index contributed by atoms with van der Waals surface area (Å²) in [6, 6.07) is 0.328. The summed E-state index contributed by atoms with van der Waals surface area (Å²) in [5, 5.41) is 8.66. The number of carboxylic acid groups (broad SMARTS) is 1. The summed E-state index contributed by atoms with van der Waals surface area (Å²) in [4.78, 5) is 24.2. The molecular formula is C12H19NO3. The van der Waals surface area contributed by atoms with Gasteiger partial charge >= 0.3 is 5.97 Å². The number of carbonyl (C=O) groups excluding carboxylic acids is 1. The Kier molecular flexibility index (Phi) is 3.46. The molecule has 1 saturated carbocycles. The Morgan fingerprint density at radius 3 is 2.56 bits per heavy atom. The van der Waals surface area contributed by atoms with Gasteiger partial charge in [-0.2, -0.15) is 0 Å². The molecule has 0 spiro atoms. The van der Waals surface area contributed by atoms with Gasteiger partial charge < -0.3 is 10.0 Å². The minimum Gasteiger partial charge on any atom is -0.481 e. The van der Waals surface area contributed by atoms with Crippen LogP contribution in [0.15, 0.2) is 0 Å². The van der Waals surface area contributed by atoms with Crippen molar-refractivity contribution in [3.8, 4) is 0 Å². The predicted octanol–water partition coefficient (Wildman–Crippen LogP) is 1.64. The highest BCUT2D eigenvalue weighted by Crippen LogP contribution is 2.35. The Bertz CT molecular complexity index is 288. The molecule has 4 heteroatoms. The molecule has 1 N–H and O–H groups in total. The van der Waals surface area contributed by atoms with Crippen LogP contribution in [0, 0.1) is 5.92 Å². The van der Waals surface area contributed by atoms with E-state index in [9.17, 15) is 9.59 Å². The molecule has 1 aliphatic heterocycles. The Hall–Kier alpha value is -1.06. The third-order valence-corrected chi connectivity index (χ3v) is 3.87. The lowest BCUT2D eigenvalue weighted by Gasteiger charge is -2.44. The molecule has 4 nitrogen and oxygen atoms in total. The first-order valence-corrected chi connectivity index (χ1v) is 6.20. The van der Waals surface area contributed by atoms with Gasteiger partial charge in [-0.15, -0.1) is 0 Å². The molecule has 90 valence electrons. The van der Waals surface area contributed by atoms with Gasteiger partial charge in [0.1, 0.15) is 6.42 Å². The van der Waals surface area contributed by atoms with Gasteiger partial charge in [0.05, 0.1) is 0 Å². The van der Waals surface area contributed by atoms with Gasteiger partial charge in [-0.3, -0.25) is 9.59 Å². The van der Waals surface area contributed by atoms with Crippen LogP contribution in [-0.4, -0.2) is 34.5 Å². The molecule has 0 aromatic heterocycles. The third kappa shape index (κ3) is 2.36. The Morgan fingerprint density at radius 1 is 1.12 bits per heavy atom. The molecule has 16 heavy (non-hydrogen) atoms. The lowest BCUT2D eigenvalue weighted by atomic mass is 9.78. The van der Waals surface area contributed by atoms with Gasteiger partial charge in [-0.25, -0.2) is 0 Å². The zero-order valence-electron chi connectivity index (χ0n) is 9.52. The summed E-state index contributed by atoms with van der Waals surface area (Å²) in [6.07, 6.45) is 6.62. The van der Waals surface area contributed by atoms with Crippen LogP contribution < -0.4 is 0 Å². The van der Waals surface area contributed by atoms with Crippen molar-refractivity contribution < 1.29 is 14.7 Å². The standard InChI is InChI=1S/C12H19NO3/c14-11(8-12(15)16)13-7-3-5-9-4-1-2-6-10(9)13/h9-10H,1-8H2,(H,15,16)/t9-,10-/m1/s1. The van der Waals surface area contributed by atoms with Crippen molar-refractivity contribution in [2.75, 3.05) is 6.54 Å². The monoisotopic (exact) mass is 225 g/mol. The van der Waals surface area contributed by atoms with Crippen molar-refractivity contribution in [3.05, 3.63) is 0 Å². The lowest BCUT2D eigenvalue weighted by Crippen LogP contribution is -2.50. The van der Waals surface area contributed by atoms with Crippen LogP contribution in [0.4, 0.5) is 0 Å². The SMILES string of the molecule is O=C(O)CC(=O)N1CCC[C@H]2CCCC[C@H]21. The third-order valence-electron chi connectivity index (χ3n) is 3.87. The van der Waals surface area contributed by atoms with E-state index in [0.29, 0.717) is 12.0 Å². The van der Waals surface area contributed by atoms with E-state index in [4.69, 9.17) is 5.11 Å². The first kappa shape index (κ1) is 11.4. The van der Waals surface area contributed by atoms with Gasteiger partial charge in [-0.1, -0.05) is 12.8 Å². The second-order valence-electron chi connectivity index (χ2n) is 4.91. The molecule has 0 unspecified atom stereocenters. The van der Waals surface area contributed by atoms with E-state index >= 15 is 0 Å². The number of piperidine rings is 1. The highest BCUT2D eigenvalue weighted by atomic mass is 16.4. The molecule has 2 aliphatic rings. The van der Waals surface area contributed by atoms with Crippen LogP contribution >= 0.6 is 0 Å². The van der Waals surface area contributed by atoms with Crippen molar-refractivity contribution in [2.24, 2.45) is 5.92 Å². The normalized spacial score (nSPS) is 29.6. The summed E-state index contributed by atoms with van der Waals surface area (Å²) in [5.74, 6) is -0.577. The molecule has 0 aromatic rings. The topological polar surface area (TPSA) is 57.6 Å². The minimum absolute atomic E-state index is 0.191. The van der Waals surface area contributed by atoms with Crippen molar-refractivity contribution in [3.63, 3.8) is 0 Å². The highest BCUT2D eigenvalue weighted by Gasteiger charge is 2.35. The fourth-order valence-corrected chi connectivity index (χ4v) is 3.17. The number of likely N-dealkylation sites (tertiary alicyclic amines) is 1. The zero-order chi connectivity index (χ0) is 11.5. The molecule has 1 amide bonds. The number of nitrogens with zero attached hydrogens (tertiary/aromatic N) is 1. The summed E-state index contributed by atoms with van der Waals surface area (Å²) in [5.41, 5.74) is 0. The van der Waals surface area contributed by atoms with E-state index in [1.54, 1.807) is 0 Å². The minimum atomic E-state index is -1.01. The quantitative estimate of drug-likeness (QED) is 0.727. The number of hydrogen-bond donors (Lipinski definition) is 1. The van der Waals surface area contributed by atoms with Crippen molar-refractivity contribution in [1.82, 2.24) is 4.90 Å². The molecule has 2 rings (SSSR count). The molecule has 1 aliphatic carbocycles. The number of amides is 1. The zero-order valence-corrected chi connectivity index (χ0v) is 9.52. The van der Waals surface area contributed by atoms with Gasteiger partial charge in [0.25, 0.3) is 0 Å². The molecule has 1 saturated heterocycles. The Morgan fingerprint density at radius 2 is 1.81 bits per heavy atom. The average Bonchev–Trinajstić information content (AvgIpc) is 2.27. The Balaban J connectivity index is 2.01. The predicted molar refractivity (Wildman–Crippen MR) is 58.9 cm³/mol. The van der Waals surface area contributed by atoms with Crippen LogP contribution in [0.3, 0.4) is 0 Å². The largest absolute Gasteiger partial charge is 0.481 e. The lowest BCUT2D eigenvalue weighted by molar-refractivity contribution is -0.147. The fourth-order valence-electron chi connectivity index (χ4n) is 3.17. The number of fused-ring (bicyclic) bond motifs is 1. The van der Waals surface area contributed by atoms with Gasteiger partial charge in [0.2, 0.25) is 5.91 Å². The highest BCUT2D eigenvalue weighted by molar-refractivity contribution is 5.93. The number of carboxylic acids is 1. The van der Waals surface area contributed by atoms with E-state index < -0.39 is 5.97 Å². The van der Waals surface area contributed by atoms with E-state index in [1.807, 2.05) is 4.90 Å². The summed E-state index contributed by atoms with van der Waals surface area (Å²) in [7, 11) is 0. The Labute approximate surface area is 95.6 Å².